The summed E-state index contributed by atoms with van der Waals surface area (Å²) in [7, 11) is 1.83. The van der Waals surface area contributed by atoms with Gasteiger partial charge in [-0.3, -0.25) is 14.3 Å². The molecule has 0 aliphatic carbocycles. The highest BCUT2D eigenvalue weighted by Crippen LogP contribution is 2.16. The van der Waals surface area contributed by atoms with Crippen LogP contribution in [0.4, 0.5) is 0 Å². The highest BCUT2D eigenvalue weighted by atomic mass is 32.2. The summed E-state index contributed by atoms with van der Waals surface area (Å²) in [6.45, 7) is 5.33. The number of nitrogens with one attached hydrogen (secondary N) is 1. The fraction of sp³-hybridized carbons (Fsp3) is 0.583. The number of amides is 1. The third kappa shape index (κ3) is 4.52. The van der Waals surface area contributed by atoms with E-state index in [1.165, 1.54) is 18.7 Å². The van der Waals surface area contributed by atoms with Crippen LogP contribution in [0.25, 0.3) is 0 Å². The van der Waals surface area contributed by atoms with E-state index in [9.17, 15) is 9.59 Å². The summed E-state index contributed by atoms with van der Waals surface area (Å²) < 4.78 is 1.69. The third-order valence-electron chi connectivity index (χ3n) is 2.47. The second-order valence-corrected chi connectivity index (χ2v) is 5.59. The first-order valence-electron chi connectivity index (χ1n) is 5.81. The van der Waals surface area contributed by atoms with Crippen molar-refractivity contribution >= 4 is 23.5 Å². The molecule has 0 saturated carbocycles. The lowest BCUT2D eigenvalue weighted by atomic mass is 10.0. The quantitative estimate of drug-likeness (QED) is 0.789. The van der Waals surface area contributed by atoms with Crippen molar-refractivity contribution in [3.8, 4) is 0 Å². The highest BCUT2D eigenvalue weighted by molar-refractivity contribution is 8.00. The van der Waals surface area contributed by atoms with Gasteiger partial charge in [-0.15, -0.1) is 11.8 Å². The Labute approximate surface area is 111 Å². The van der Waals surface area contributed by atoms with Gasteiger partial charge in [-0.25, -0.2) is 0 Å². The van der Waals surface area contributed by atoms with E-state index in [0.29, 0.717) is 5.75 Å². The smallest absolute Gasteiger partial charge is 0.230 e. The topological polar surface area (TPSA) is 64.0 Å². The second kappa shape index (κ2) is 6.58. The SMILES string of the molecule is CC(=O)C(NC(=O)CSc1cnn(C)c1)C(C)C. The Bertz CT molecular complexity index is 429. The molecule has 1 unspecified atom stereocenters. The van der Waals surface area contributed by atoms with E-state index in [0.717, 1.165) is 4.90 Å². The van der Waals surface area contributed by atoms with Crippen molar-refractivity contribution in [3.05, 3.63) is 12.4 Å². The standard InChI is InChI=1S/C12H19N3O2S/c1-8(2)12(9(3)16)14-11(17)7-18-10-5-13-15(4)6-10/h5-6,8,12H,7H2,1-4H3,(H,14,17). The molecule has 0 aromatic carbocycles. The van der Waals surface area contributed by atoms with Crippen molar-refractivity contribution in [2.24, 2.45) is 13.0 Å². The fourth-order valence-corrected chi connectivity index (χ4v) is 2.30. The first-order chi connectivity index (χ1) is 8.40. The summed E-state index contributed by atoms with van der Waals surface area (Å²) in [4.78, 5) is 24.0. The number of nitrogens with zero attached hydrogens (tertiary/aromatic N) is 2. The molecule has 0 radical (unpaired) electrons. The first-order valence-corrected chi connectivity index (χ1v) is 6.80. The number of carbonyl (C=O) groups is 2. The molecule has 0 aliphatic heterocycles. The summed E-state index contributed by atoms with van der Waals surface area (Å²) in [6, 6.07) is -0.396. The van der Waals surface area contributed by atoms with E-state index >= 15 is 0 Å². The Morgan fingerprint density at radius 1 is 1.50 bits per heavy atom. The number of rotatable bonds is 6. The number of aryl methyl sites for hydroxylation is 1. The average molecular weight is 269 g/mol. The van der Waals surface area contributed by atoms with Crippen molar-refractivity contribution in [3.63, 3.8) is 0 Å². The van der Waals surface area contributed by atoms with Gasteiger partial charge in [0.15, 0.2) is 5.78 Å². The van der Waals surface area contributed by atoms with E-state index in [2.05, 4.69) is 10.4 Å². The van der Waals surface area contributed by atoms with Crippen LogP contribution in [0, 0.1) is 5.92 Å². The first kappa shape index (κ1) is 14.8. The maximum atomic E-state index is 11.7. The maximum absolute atomic E-state index is 11.7. The van der Waals surface area contributed by atoms with Crippen LogP contribution in [0.1, 0.15) is 20.8 Å². The van der Waals surface area contributed by atoms with Crippen LogP contribution in [0.2, 0.25) is 0 Å². The molecule has 1 heterocycles. The summed E-state index contributed by atoms with van der Waals surface area (Å²) in [5, 5.41) is 6.78. The van der Waals surface area contributed by atoms with Crippen LogP contribution in [0.15, 0.2) is 17.3 Å². The predicted molar refractivity (Wildman–Crippen MR) is 71.4 cm³/mol. The van der Waals surface area contributed by atoms with E-state index in [1.807, 2.05) is 27.1 Å². The normalized spacial score (nSPS) is 12.5. The van der Waals surface area contributed by atoms with Crippen molar-refractivity contribution in [1.29, 1.82) is 0 Å². The molecule has 1 N–H and O–H groups in total. The molecule has 5 nitrogen and oxygen atoms in total. The molecule has 18 heavy (non-hydrogen) atoms. The van der Waals surface area contributed by atoms with Crippen LogP contribution in [0.5, 0.6) is 0 Å². The molecule has 1 aromatic heterocycles. The molecule has 1 aromatic rings. The van der Waals surface area contributed by atoms with Gasteiger partial charge in [-0.2, -0.15) is 5.10 Å². The number of aromatic nitrogens is 2. The van der Waals surface area contributed by atoms with Crippen LogP contribution >= 0.6 is 11.8 Å². The average Bonchev–Trinajstić information content (AvgIpc) is 2.68. The Morgan fingerprint density at radius 3 is 2.61 bits per heavy atom. The Balaban J connectivity index is 2.43. The van der Waals surface area contributed by atoms with E-state index in [-0.39, 0.29) is 17.6 Å². The summed E-state index contributed by atoms with van der Waals surface area (Å²) in [6.07, 6.45) is 3.56. The Kier molecular flexibility index (Phi) is 5.40. The minimum absolute atomic E-state index is 0.00951. The molecule has 1 rings (SSSR count). The van der Waals surface area contributed by atoms with Crippen LogP contribution in [-0.4, -0.2) is 33.3 Å². The molecule has 0 spiro atoms. The zero-order valence-corrected chi connectivity index (χ0v) is 12.0. The van der Waals surface area contributed by atoms with Gasteiger partial charge in [-0.05, 0) is 12.8 Å². The highest BCUT2D eigenvalue weighted by Gasteiger charge is 2.20. The van der Waals surface area contributed by atoms with Crippen LogP contribution < -0.4 is 5.32 Å². The van der Waals surface area contributed by atoms with Crippen molar-refractivity contribution in [2.45, 2.75) is 31.7 Å². The number of ketones is 1. The number of thioether (sulfide) groups is 1. The van der Waals surface area contributed by atoms with E-state index in [1.54, 1.807) is 10.9 Å². The lowest BCUT2D eigenvalue weighted by Crippen LogP contribution is -2.44. The summed E-state index contributed by atoms with van der Waals surface area (Å²) >= 11 is 1.41. The Hall–Kier alpha value is -1.30. The van der Waals surface area contributed by atoms with Gasteiger partial charge >= 0.3 is 0 Å². The molecule has 0 aliphatic rings. The van der Waals surface area contributed by atoms with Crippen molar-refractivity contribution in [1.82, 2.24) is 15.1 Å². The Morgan fingerprint density at radius 2 is 2.17 bits per heavy atom. The summed E-state index contributed by atoms with van der Waals surface area (Å²) in [5.74, 6) is 0.264. The van der Waals surface area contributed by atoms with Gasteiger partial charge < -0.3 is 5.32 Å². The van der Waals surface area contributed by atoms with E-state index in [4.69, 9.17) is 0 Å². The monoisotopic (exact) mass is 269 g/mol. The third-order valence-corrected chi connectivity index (χ3v) is 3.42. The molecule has 6 heteroatoms. The van der Waals surface area contributed by atoms with Gasteiger partial charge in [0.25, 0.3) is 0 Å². The lowest BCUT2D eigenvalue weighted by molar-refractivity contribution is -0.126. The van der Waals surface area contributed by atoms with E-state index < -0.39 is 6.04 Å². The molecule has 1 atom stereocenters. The largest absolute Gasteiger partial charge is 0.345 e. The van der Waals surface area contributed by atoms with Gasteiger partial charge in [0.1, 0.15) is 0 Å². The lowest BCUT2D eigenvalue weighted by Gasteiger charge is -2.19. The number of carbonyl (C=O) groups excluding carboxylic acids is 2. The minimum Gasteiger partial charge on any atom is -0.345 e. The molecular formula is C12H19N3O2S. The fourth-order valence-electron chi connectivity index (χ4n) is 1.58. The van der Waals surface area contributed by atoms with Crippen molar-refractivity contribution in [2.75, 3.05) is 5.75 Å². The summed E-state index contributed by atoms with van der Waals surface area (Å²) in [5.41, 5.74) is 0. The van der Waals surface area contributed by atoms with Gasteiger partial charge in [0, 0.05) is 18.1 Å². The number of hydrogen-bond acceptors (Lipinski definition) is 4. The molecular weight excluding hydrogens is 250 g/mol. The molecule has 1 amide bonds. The number of Topliss-reactive ketones (excluding diaryl/α,β-unsaturated/α-hetero) is 1. The van der Waals surface area contributed by atoms with Gasteiger partial charge in [0.05, 0.1) is 18.0 Å². The zero-order valence-electron chi connectivity index (χ0n) is 11.1. The van der Waals surface area contributed by atoms with Crippen LogP contribution in [0.3, 0.4) is 0 Å². The van der Waals surface area contributed by atoms with Gasteiger partial charge in [0.2, 0.25) is 5.91 Å². The van der Waals surface area contributed by atoms with Gasteiger partial charge in [-0.1, -0.05) is 13.8 Å². The second-order valence-electron chi connectivity index (χ2n) is 4.54. The van der Waals surface area contributed by atoms with Crippen molar-refractivity contribution < 1.29 is 9.59 Å². The molecule has 0 saturated heterocycles. The predicted octanol–water partition coefficient (Wildman–Crippen LogP) is 1.24. The molecule has 0 bridgehead atoms. The zero-order chi connectivity index (χ0) is 13.7. The molecule has 0 fully saturated rings. The number of hydrogen-bond donors (Lipinski definition) is 1. The maximum Gasteiger partial charge on any atom is 0.230 e. The minimum atomic E-state index is -0.396. The van der Waals surface area contributed by atoms with Crippen LogP contribution in [-0.2, 0) is 16.6 Å². The molecule has 100 valence electrons.